The first kappa shape index (κ1) is 19.2. The number of halogens is 2. The van der Waals surface area contributed by atoms with Crippen LogP contribution in [-0.4, -0.2) is 45.5 Å². The van der Waals surface area contributed by atoms with Crippen molar-refractivity contribution in [3.8, 4) is 11.5 Å². The van der Waals surface area contributed by atoms with Crippen molar-refractivity contribution in [3.63, 3.8) is 0 Å². The number of hydrogen-bond acceptors (Lipinski definition) is 4. The highest BCUT2D eigenvalue weighted by atomic mass is 19.3. The number of nitrogens with one attached hydrogen (secondary N) is 2. The minimum Gasteiger partial charge on any atom is -0.497 e. The predicted molar refractivity (Wildman–Crippen MR) is 91.4 cm³/mol. The van der Waals surface area contributed by atoms with Crippen LogP contribution in [0.1, 0.15) is 25.3 Å². The van der Waals surface area contributed by atoms with Crippen LogP contribution in [-0.2, 0) is 11.3 Å². The third-order valence-corrected chi connectivity index (χ3v) is 3.76. The van der Waals surface area contributed by atoms with Crippen molar-refractivity contribution in [3.05, 3.63) is 23.8 Å². The molecule has 140 valence electrons. The Morgan fingerprint density at radius 3 is 2.88 bits per heavy atom. The smallest absolute Gasteiger partial charge is 0.387 e. The number of aliphatic imine (C=N–C) groups is 1. The molecule has 1 heterocycles. The highest BCUT2D eigenvalue weighted by molar-refractivity contribution is 5.79. The molecule has 2 N–H and O–H groups in total. The second kappa shape index (κ2) is 10.0. The van der Waals surface area contributed by atoms with E-state index in [9.17, 15) is 8.78 Å². The predicted octanol–water partition coefficient (Wildman–Crippen LogP) is 2.53. The van der Waals surface area contributed by atoms with E-state index in [0.29, 0.717) is 30.4 Å². The van der Waals surface area contributed by atoms with Crippen molar-refractivity contribution >= 4 is 5.96 Å². The molecule has 0 radical (unpaired) electrons. The average molecular weight is 357 g/mol. The Balaban J connectivity index is 2.04. The van der Waals surface area contributed by atoms with Gasteiger partial charge < -0.3 is 24.8 Å². The Labute approximate surface area is 146 Å². The van der Waals surface area contributed by atoms with Crippen LogP contribution in [0.2, 0.25) is 0 Å². The van der Waals surface area contributed by atoms with Gasteiger partial charge >= 0.3 is 6.61 Å². The fraction of sp³-hybridized carbons (Fsp3) is 0.588. The lowest BCUT2D eigenvalue weighted by atomic mass is 10.2. The summed E-state index contributed by atoms with van der Waals surface area (Å²) in [6.45, 7) is 1.41. The molecule has 25 heavy (non-hydrogen) atoms. The zero-order chi connectivity index (χ0) is 18.1. The fourth-order valence-corrected chi connectivity index (χ4v) is 2.52. The van der Waals surface area contributed by atoms with Crippen LogP contribution in [0.3, 0.4) is 0 Å². The summed E-state index contributed by atoms with van der Waals surface area (Å²) < 4.78 is 40.4. The van der Waals surface area contributed by atoms with Crippen molar-refractivity contribution in [2.24, 2.45) is 4.99 Å². The van der Waals surface area contributed by atoms with Crippen molar-refractivity contribution in [1.82, 2.24) is 10.6 Å². The van der Waals surface area contributed by atoms with E-state index in [1.807, 2.05) is 6.92 Å². The quantitative estimate of drug-likeness (QED) is 0.553. The first-order valence-corrected chi connectivity index (χ1v) is 8.38. The molecule has 0 saturated carbocycles. The van der Waals surface area contributed by atoms with Crippen LogP contribution < -0.4 is 20.1 Å². The van der Waals surface area contributed by atoms with Gasteiger partial charge in [-0.05, 0) is 31.9 Å². The van der Waals surface area contributed by atoms with Gasteiger partial charge in [-0.25, -0.2) is 4.99 Å². The number of benzene rings is 1. The van der Waals surface area contributed by atoms with E-state index in [-0.39, 0.29) is 18.4 Å². The van der Waals surface area contributed by atoms with Gasteiger partial charge in [-0.3, -0.25) is 0 Å². The van der Waals surface area contributed by atoms with Crippen LogP contribution in [0.4, 0.5) is 8.78 Å². The number of hydrogen-bond donors (Lipinski definition) is 2. The van der Waals surface area contributed by atoms with E-state index < -0.39 is 6.61 Å². The summed E-state index contributed by atoms with van der Waals surface area (Å²) >= 11 is 0. The van der Waals surface area contributed by atoms with Crippen LogP contribution in [0.5, 0.6) is 11.5 Å². The standard InChI is InChI=1S/C17H25F2N3O3/c1-3-20-17(22-11-14-5-4-8-24-14)21-10-12-6-7-13(23-2)9-15(12)25-16(18)19/h6-7,9,14,16H,3-5,8,10-11H2,1-2H3,(H2,20,21,22). The average Bonchev–Trinajstić information content (AvgIpc) is 3.11. The molecule has 0 aliphatic carbocycles. The Morgan fingerprint density at radius 1 is 1.40 bits per heavy atom. The number of rotatable bonds is 8. The van der Waals surface area contributed by atoms with Gasteiger partial charge in [0.2, 0.25) is 0 Å². The minimum atomic E-state index is -2.90. The number of guanidine groups is 1. The third-order valence-electron chi connectivity index (χ3n) is 3.76. The Kier molecular flexibility index (Phi) is 7.72. The lowest BCUT2D eigenvalue weighted by Crippen LogP contribution is -2.41. The number of alkyl halides is 2. The molecule has 1 aliphatic heterocycles. The third kappa shape index (κ3) is 6.38. The molecule has 1 saturated heterocycles. The van der Waals surface area contributed by atoms with Gasteiger partial charge in [-0.1, -0.05) is 0 Å². The van der Waals surface area contributed by atoms with E-state index in [1.165, 1.54) is 13.2 Å². The second-order valence-electron chi connectivity index (χ2n) is 5.56. The lowest BCUT2D eigenvalue weighted by molar-refractivity contribution is -0.0505. The lowest BCUT2D eigenvalue weighted by Gasteiger charge is -2.15. The molecule has 8 heteroatoms. The molecule has 1 aliphatic rings. The fourth-order valence-electron chi connectivity index (χ4n) is 2.52. The summed E-state index contributed by atoms with van der Waals surface area (Å²) in [5, 5.41) is 6.35. The van der Waals surface area contributed by atoms with Gasteiger partial charge in [0.15, 0.2) is 5.96 Å². The van der Waals surface area contributed by atoms with E-state index in [0.717, 1.165) is 19.4 Å². The first-order valence-electron chi connectivity index (χ1n) is 8.38. The highest BCUT2D eigenvalue weighted by Crippen LogP contribution is 2.27. The van der Waals surface area contributed by atoms with Gasteiger partial charge in [0, 0.05) is 31.3 Å². The SMILES string of the molecule is CCNC(=NCc1ccc(OC)cc1OC(F)F)NCC1CCCO1. The molecular weight excluding hydrogens is 332 g/mol. The zero-order valence-corrected chi connectivity index (χ0v) is 14.6. The number of ether oxygens (including phenoxy) is 3. The summed E-state index contributed by atoms with van der Waals surface area (Å²) in [4.78, 5) is 4.44. The normalized spacial score (nSPS) is 17.6. The minimum absolute atomic E-state index is 0.0630. The molecule has 6 nitrogen and oxygen atoms in total. The van der Waals surface area contributed by atoms with Crippen LogP contribution >= 0.6 is 0 Å². The van der Waals surface area contributed by atoms with Crippen molar-refractivity contribution in [2.45, 2.75) is 39.0 Å². The number of nitrogens with zero attached hydrogens (tertiary/aromatic N) is 1. The maximum Gasteiger partial charge on any atom is 0.387 e. The van der Waals surface area contributed by atoms with E-state index in [1.54, 1.807) is 12.1 Å². The van der Waals surface area contributed by atoms with Crippen LogP contribution in [0.15, 0.2) is 23.2 Å². The molecule has 1 unspecified atom stereocenters. The van der Waals surface area contributed by atoms with Gasteiger partial charge in [-0.15, -0.1) is 0 Å². The van der Waals surface area contributed by atoms with Crippen molar-refractivity contribution < 1.29 is 23.0 Å². The van der Waals surface area contributed by atoms with Crippen molar-refractivity contribution in [2.75, 3.05) is 26.8 Å². The molecule has 0 aromatic heterocycles. The topological polar surface area (TPSA) is 64.1 Å². The molecule has 1 aromatic rings. The molecule has 1 aromatic carbocycles. The van der Waals surface area contributed by atoms with Gasteiger partial charge in [-0.2, -0.15) is 8.78 Å². The highest BCUT2D eigenvalue weighted by Gasteiger charge is 2.16. The Bertz CT molecular complexity index is 564. The Hall–Kier alpha value is -2.09. The monoisotopic (exact) mass is 357 g/mol. The molecule has 2 rings (SSSR count). The van der Waals surface area contributed by atoms with E-state index in [4.69, 9.17) is 9.47 Å². The second-order valence-corrected chi connectivity index (χ2v) is 5.56. The van der Waals surface area contributed by atoms with Crippen LogP contribution in [0, 0.1) is 0 Å². The summed E-state index contributed by atoms with van der Waals surface area (Å²) in [5.41, 5.74) is 0.551. The summed E-state index contributed by atoms with van der Waals surface area (Å²) in [5.74, 6) is 1.12. The number of methoxy groups -OCH3 is 1. The van der Waals surface area contributed by atoms with E-state index >= 15 is 0 Å². The van der Waals surface area contributed by atoms with Crippen molar-refractivity contribution in [1.29, 1.82) is 0 Å². The molecule has 1 fully saturated rings. The largest absolute Gasteiger partial charge is 0.497 e. The molecule has 0 amide bonds. The van der Waals surface area contributed by atoms with Gasteiger partial charge in [0.1, 0.15) is 11.5 Å². The molecule has 1 atom stereocenters. The molecule has 0 spiro atoms. The Morgan fingerprint density at radius 2 is 2.24 bits per heavy atom. The maximum atomic E-state index is 12.6. The van der Waals surface area contributed by atoms with Gasteiger partial charge in [0.05, 0.1) is 19.8 Å². The molecular formula is C17H25F2N3O3. The summed E-state index contributed by atoms with van der Waals surface area (Å²) in [6, 6.07) is 4.79. The summed E-state index contributed by atoms with van der Waals surface area (Å²) in [6.07, 6.45) is 2.28. The molecule has 0 bridgehead atoms. The maximum absolute atomic E-state index is 12.6. The van der Waals surface area contributed by atoms with Crippen LogP contribution in [0.25, 0.3) is 0 Å². The van der Waals surface area contributed by atoms with E-state index in [2.05, 4.69) is 20.4 Å². The van der Waals surface area contributed by atoms with Gasteiger partial charge in [0.25, 0.3) is 0 Å². The first-order chi connectivity index (χ1) is 12.1. The summed E-state index contributed by atoms with van der Waals surface area (Å²) in [7, 11) is 1.47. The zero-order valence-electron chi connectivity index (χ0n) is 14.6.